The van der Waals surface area contributed by atoms with Crippen LogP contribution in [0.4, 0.5) is 0 Å². The average molecular weight is 465 g/mol. The van der Waals surface area contributed by atoms with Gasteiger partial charge in [-0.1, -0.05) is 69.3 Å². The van der Waals surface area contributed by atoms with Crippen molar-refractivity contribution in [2.45, 2.75) is 26.2 Å². The lowest BCUT2D eigenvalue weighted by Gasteiger charge is -2.19. The van der Waals surface area contributed by atoms with Gasteiger partial charge in [-0.25, -0.2) is 4.79 Å². The second-order valence-electron chi connectivity index (χ2n) is 9.38. The van der Waals surface area contributed by atoms with Gasteiger partial charge in [0, 0.05) is 6.07 Å². The topological polar surface area (TPSA) is 65.7 Å². The summed E-state index contributed by atoms with van der Waals surface area (Å²) in [5.74, 6) is 0.430. The first-order valence-electron chi connectivity index (χ1n) is 11.3. The van der Waals surface area contributed by atoms with E-state index in [1.165, 1.54) is 17.9 Å². The van der Waals surface area contributed by atoms with Gasteiger partial charge < -0.3 is 13.9 Å². The molecule has 0 saturated carbocycles. The molecule has 0 unspecified atom stereocenters. The highest BCUT2D eigenvalue weighted by Gasteiger charge is 2.16. The average Bonchev–Trinajstić information content (AvgIpc) is 2.85. The number of rotatable bonds is 4. The normalized spacial score (nSPS) is 11.5. The molecule has 35 heavy (non-hydrogen) atoms. The van der Waals surface area contributed by atoms with Gasteiger partial charge in [-0.2, -0.15) is 0 Å². The number of esters is 1. The first-order chi connectivity index (χ1) is 16.8. The maximum Gasteiger partial charge on any atom is 0.344 e. The third-order valence-corrected chi connectivity index (χ3v) is 5.88. The minimum Gasteiger partial charge on any atom is -0.460 e. The van der Waals surface area contributed by atoms with E-state index in [9.17, 15) is 9.59 Å². The van der Waals surface area contributed by atoms with Gasteiger partial charge in [0.05, 0.1) is 10.9 Å². The highest BCUT2D eigenvalue weighted by Crippen LogP contribution is 2.28. The third-order valence-electron chi connectivity index (χ3n) is 5.88. The van der Waals surface area contributed by atoms with Crippen LogP contribution in [-0.2, 0) is 5.41 Å². The Morgan fingerprint density at radius 3 is 2.29 bits per heavy atom. The van der Waals surface area contributed by atoms with Crippen molar-refractivity contribution in [3.8, 4) is 17.2 Å². The van der Waals surface area contributed by atoms with Gasteiger partial charge >= 0.3 is 5.97 Å². The number of hydrogen-bond acceptors (Lipinski definition) is 5. The molecular formula is C30H24O5. The van der Waals surface area contributed by atoms with E-state index in [-0.39, 0.29) is 22.3 Å². The van der Waals surface area contributed by atoms with E-state index in [0.29, 0.717) is 22.3 Å². The van der Waals surface area contributed by atoms with Crippen LogP contribution in [0.25, 0.3) is 21.7 Å². The summed E-state index contributed by atoms with van der Waals surface area (Å²) in [5, 5.41) is 2.09. The fourth-order valence-corrected chi connectivity index (χ4v) is 3.94. The zero-order chi connectivity index (χ0) is 24.6. The Balaban J connectivity index is 1.39. The molecule has 0 amide bonds. The Kier molecular flexibility index (Phi) is 5.61. The Morgan fingerprint density at radius 2 is 1.51 bits per heavy atom. The maximum absolute atomic E-state index is 13.0. The van der Waals surface area contributed by atoms with Crippen LogP contribution in [0, 0.1) is 0 Å². The van der Waals surface area contributed by atoms with Gasteiger partial charge in [-0.3, -0.25) is 4.79 Å². The molecule has 0 aliphatic rings. The molecule has 0 spiro atoms. The summed E-state index contributed by atoms with van der Waals surface area (Å²) in [7, 11) is 0. The number of benzene rings is 4. The predicted molar refractivity (Wildman–Crippen MR) is 137 cm³/mol. The Morgan fingerprint density at radius 1 is 0.800 bits per heavy atom. The van der Waals surface area contributed by atoms with Crippen molar-refractivity contribution in [3.63, 3.8) is 0 Å². The summed E-state index contributed by atoms with van der Waals surface area (Å²) in [4.78, 5) is 25.8. The van der Waals surface area contributed by atoms with Crippen molar-refractivity contribution < 1.29 is 18.7 Å². The van der Waals surface area contributed by atoms with Crippen LogP contribution in [0.2, 0.25) is 0 Å². The summed E-state index contributed by atoms with van der Waals surface area (Å²) in [6.45, 7) is 6.40. The van der Waals surface area contributed by atoms with E-state index in [1.54, 1.807) is 18.2 Å². The van der Waals surface area contributed by atoms with Crippen LogP contribution < -0.4 is 14.9 Å². The van der Waals surface area contributed by atoms with Crippen LogP contribution in [0.3, 0.4) is 0 Å². The van der Waals surface area contributed by atoms with Crippen LogP contribution in [-0.4, -0.2) is 5.97 Å². The van der Waals surface area contributed by atoms with E-state index >= 15 is 0 Å². The molecule has 4 aromatic carbocycles. The van der Waals surface area contributed by atoms with Crippen LogP contribution in [0.5, 0.6) is 17.2 Å². The SMILES string of the molecule is CC(C)(C)c1ccc(Oc2coc3cc(OC(=O)c4cccc5ccccc45)ccc3c2=O)cc1. The molecular weight excluding hydrogens is 440 g/mol. The quantitative estimate of drug-likeness (QED) is 0.207. The molecule has 0 fully saturated rings. The smallest absolute Gasteiger partial charge is 0.344 e. The standard InChI is InChI=1S/C30H24O5/c1-30(2,3)20-11-13-21(14-12-20)34-27-18-33-26-17-22(15-16-25(26)28(27)31)35-29(32)24-10-6-8-19-7-4-5-9-23(19)24/h4-18H,1-3H3. The van der Waals surface area contributed by atoms with E-state index in [0.717, 1.165) is 10.8 Å². The molecule has 1 heterocycles. The monoisotopic (exact) mass is 464 g/mol. The zero-order valence-corrected chi connectivity index (χ0v) is 19.7. The van der Waals surface area contributed by atoms with Crippen molar-refractivity contribution >= 4 is 27.7 Å². The second kappa shape index (κ2) is 8.76. The number of fused-ring (bicyclic) bond motifs is 2. The van der Waals surface area contributed by atoms with Gasteiger partial charge in [0.25, 0.3) is 0 Å². The number of carbonyl (C=O) groups is 1. The first kappa shape index (κ1) is 22.4. The first-order valence-corrected chi connectivity index (χ1v) is 11.3. The predicted octanol–water partition coefficient (Wildman–Crippen LogP) is 7.26. The highest BCUT2D eigenvalue weighted by atomic mass is 16.5. The number of ether oxygens (including phenoxy) is 2. The van der Waals surface area contributed by atoms with E-state index in [4.69, 9.17) is 13.9 Å². The van der Waals surface area contributed by atoms with Crippen molar-refractivity contribution in [2.75, 3.05) is 0 Å². The number of hydrogen-bond donors (Lipinski definition) is 0. The lowest BCUT2D eigenvalue weighted by molar-refractivity contribution is 0.0737. The lowest BCUT2D eigenvalue weighted by atomic mass is 9.87. The molecule has 0 radical (unpaired) electrons. The van der Waals surface area contributed by atoms with Gasteiger partial charge in [-0.05, 0) is 52.1 Å². The molecule has 0 aliphatic heterocycles. The largest absolute Gasteiger partial charge is 0.460 e. The second-order valence-corrected chi connectivity index (χ2v) is 9.38. The van der Waals surface area contributed by atoms with Crippen LogP contribution in [0.1, 0.15) is 36.7 Å². The van der Waals surface area contributed by atoms with Crippen LogP contribution in [0.15, 0.2) is 100 Å². The van der Waals surface area contributed by atoms with Crippen molar-refractivity contribution in [2.24, 2.45) is 0 Å². The zero-order valence-electron chi connectivity index (χ0n) is 19.7. The molecule has 0 saturated heterocycles. The summed E-state index contributed by atoms with van der Waals surface area (Å²) in [6, 6.07) is 25.4. The molecule has 0 bridgehead atoms. The highest BCUT2D eigenvalue weighted by molar-refractivity contribution is 6.05. The molecule has 0 atom stereocenters. The number of carbonyl (C=O) groups excluding carboxylic acids is 1. The minimum absolute atomic E-state index is 0.0231. The van der Waals surface area contributed by atoms with E-state index < -0.39 is 5.97 Å². The maximum atomic E-state index is 13.0. The van der Waals surface area contributed by atoms with Crippen molar-refractivity contribution in [1.29, 1.82) is 0 Å². The Labute approximate surface area is 202 Å². The summed E-state index contributed by atoms with van der Waals surface area (Å²) in [6.07, 6.45) is 1.28. The molecule has 0 aliphatic carbocycles. The molecule has 0 N–H and O–H groups in total. The van der Waals surface area contributed by atoms with Gasteiger partial charge in [0.15, 0.2) is 0 Å². The van der Waals surface area contributed by atoms with Crippen molar-refractivity contribution in [3.05, 3.63) is 113 Å². The molecule has 5 rings (SSSR count). The van der Waals surface area contributed by atoms with Crippen LogP contribution >= 0.6 is 0 Å². The summed E-state index contributed by atoms with van der Waals surface area (Å²) < 4.78 is 17.0. The Bertz CT molecular complexity index is 1600. The minimum atomic E-state index is -0.484. The fraction of sp³-hybridized carbons (Fsp3) is 0.133. The lowest BCUT2D eigenvalue weighted by Crippen LogP contribution is -2.10. The molecule has 1 aromatic heterocycles. The molecule has 174 valence electrons. The third kappa shape index (κ3) is 4.53. The van der Waals surface area contributed by atoms with Crippen molar-refractivity contribution in [1.82, 2.24) is 0 Å². The van der Waals surface area contributed by atoms with E-state index in [2.05, 4.69) is 20.8 Å². The fourth-order valence-electron chi connectivity index (χ4n) is 3.94. The summed E-state index contributed by atoms with van der Waals surface area (Å²) in [5.41, 5.74) is 1.65. The molecule has 5 aromatic rings. The molecule has 5 nitrogen and oxygen atoms in total. The van der Waals surface area contributed by atoms with Gasteiger partial charge in [0.1, 0.15) is 23.3 Å². The van der Waals surface area contributed by atoms with Gasteiger partial charge in [0.2, 0.25) is 11.2 Å². The Hall–Kier alpha value is -4.38. The van der Waals surface area contributed by atoms with Gasteiger partial charge in [-0.15, -0.1) is 0 Å². The van der Waals surface area contributed by atoms with E-state index in [1.807, 2.05) is 60.7 Å². The summed E-state index contributed by atoms with van der Waals surface area (Å²) >= 11 is 0. The molecule has 5 heteroatoms.